The molecule has 110 valence electrons. The molecule has 0 atom stereocenters. The van der Waals surface area contributed by atoms with Crippen LogP contribution in [0, 0.1) is 5.92 Å². The molecule has 0 heterocycles. The van der Waals surface area contributed by atoms with Gasteiger partial charge in [0.05, 0.1) is 0 Å². The molecule has 0 saturated heterocycles. The first-order valence-corrected chi connectivity index (χ1v) is 8.18. The molecule has 1 saturated carbocycles. The van der Waals surface area contributed by atoms with E-state index in [-0.39, 0.29) is 0 Å². The second-order valence-electron chi connectivity index (χ2n) is 5.08. The predicted octanol–water partition coefficient (Wildman–Crippen LogP) is 2.82. The zero-order valence-corrected chi connectivity index (χ0v) is 12.0. The fourth-order valence-electron chi connectivity index (χ4n) is 2.34. The van der Waals surface area contributed by atoms with Crippen LogP contribution in [0.4, 0.5) is 0 Å². The summed E-state index contributed by atoms with van der Waals surface area (Å²) >= 11 is 0. The van der Waals surface area contributed by atoms with Crippen LogP contribution in [0.3, 0.4) is 0 Å². The normalized spacial score (nSPS) is 24.2. The molecule has 1 rings (SSSR count). The summed E-state index contributed by atoms with van der Waals surface area (Å²) in [7, 11) is -4.67. The van der Waals surface area contributed by atoms with Crippen molar-refractivity contribution < 1.29 is 17.5 Å². The highest BCUT2D eigenvalue weighted by Crippen LogP contribution is 2.27. The lowest BCUT2D eigenvalue weighted by atomic mass is 9.83. The molecule has 0 aromatic rings. The van der Waals surface area contributed by atoms with Gasteiger partial charge in [0.1, 0.15) is 0 Å². The van der Waals surface area contributed by atoms with E-state index in [9.17, 15) is 0 Å². The van der Waals surface area contributed by atoms with Gasteiger partial charge >= 0.3 is 10.4 Å². The number of hydrogen-bond acceptors (Lipinski definition) is 3. The minimum Gasteiger partial charge on any atom is -0.328 e. The Bertz CT molecular complexity index is 276. The van der Waals surface area contributed by atoms with Gasteiger partial charge in [0.15, 0.2) is 0 Å². The van der Waals surface area contributed by atoms with Crippen LogP contribution < -0.4 is 5.73 Å². The molecule has 4 N–H and O–H groups in total. The molecule has 0 radical (unpaired) electrons. The predicted molar refractivity (Wildman–Crippen MR) is 72.9 cm³/mol. The smallest absolute Gasteiger partial charge is 0.328 e. The Kier molecular flexibility index (Phi) is 9.63. The van der Waals surface area contributed by atoms with Crippen molar-refractivity contribution in [3.63, 3.8) is 0 Å². The summed E-state index contributed by atoms with van der Waals surface area (Å²) in [4.78, 5) is 0. The lowest BCUT2D eigenvalue weighted by Gasteiger charge is -2.25. The second kappa shape index (κ2) is 9.72. The van der Waals surface area contributed by atoms with Crippen molar-refractivity contribution in [3.8, 4) is 0 Å². The Morgan fingerprint density at radius 2 is 1.56 bits per heavy atom. The minimum atomic E-state index is -4.67. The van der Waals surface area contributed by atoms with Crippen LogP contribution in [0.25, 0.3) is 0 Å². The fraction of sp³-hybridized carbons (Fsp3) is 1.00. The minimum absolute atomic E-state index is 0.520. The van der Waals surface area contributed by atoms with Crippen LogP contribution in [0.15, 0.2) is 0 Å². The average molecular weight is 281 g/mol. The van der Waals surface area contributed by atoms with Crippen LogP contribution in [0.1, 0.15) is 64.7 Å². The van der Waals surface area contributed by atoms with Gasteiger partial charge in [0, 0.05) is 6.04 Å². The van der Waals surface area contributed by atoms with E-state index in [0.717, 1.165) is 5.92 Å². The highest BCUT2D eigenvalue weighted by Gasteiger charge is 2.17. The largest absolute Gasteiger partial charge is 0.394 e. The summed E-state index contributed by atoms with van der Waals surface area (Å²) in [6.07, 6.45) is 12.5. The van der Waals surface area contributed by atoms with E-state index in [0.29, 0.717) is 6.04 Å². The summed E-state index contributed by atoms with van der Waals surface area (Å²) in [6.45, 7) is 2.28. The van der Waals surface area contributed by atoms with Gasteiger partial charge in [-0.1, -0.05) is 39.0 Å². The molecule has 0 amide bonds. The van der Waals surface area contributed by atoms with E-state index in [1.165, 1.54) is 57.8 Å². The third-order valence-corrected chi connectivity index (χ3v) is 3.36. The Labute approximate surface area is 111 Å². The van der Waals surface area contributed by atoms with E-state index in [2.05, 4.69) is 6.92 Å². The topological polar surface area (TPSA) is 101 Å². The summed E-state index contributed by atoms with van der Waals surface area (Å²) in [5.74, 6) is 1.01. The van der Waals surface area contributed by atoms with E-state index in [4.69, 9.17) is 23.3 Å². The first-order chi connectivity index (χ1) is 8.33. The molecule has 5 nitrogen and oxygen atoms in total. The van der Waals surface area contributed by atoms with Gasteiger partial charge in [-0.05, 0) is 31.6 Å². The van der Waals surface area contributed by atoms with Gasteiger partial charge < -0.3 is 5.73 Å². The maximum Gasteiger partial charge on any atom is 0.394 e. The number of hydrogen-bond donors (Lipinski definition) is 3. The highest BCUT2D eigenvalue weighted by atomic mass is 32.3. The Morgan fingerprint density at radius 1 is 1.06 bits per heavy atom. The van der Waals surface area contributed by atoms with Crippen LogP contribution >= 0.6 is 0 Å². The van der Waals surface area contributed by atoms with Crippen LogP contribution in [-0.4, -0.2) is 23.6 Å². The van der Waals surface area contributed by atoms with Crippen molar-refractivity contribution in [2.24, 2.45) is 11.7 Å². The lowest BCUT2D eigenvalue weighted by molar-refractivity contribution is 0.302. The zero-order valence-electron chi connectivity index (χ0n) is 11.2. The van der Waals surface area contributed by atoms with Crippen molar-refractivity contribution in [2.45, 2.75) is 70.8 Å². The van der Waals surface area contributed by atoms with Gasteiger partial charge in [0.25, 0.3) is 0 Å². The second-order valence-corrected chi connectivity index (χ2v) is 5.97. The quantitative estimate of drug-likeness (QED) is 0.531. The van der Waals surface area contributed by atoms with Crippen molar-refractivity contribution in [1.29, 1.82) is 0 Å². The molecule has 0 bridgehead atoms. The molecule has 0 aromatic carbocycles. The first kappa shape index (κ1) is 17.8. The zero-order chi connectivity index (χ0) is 14.0. The fourth-order valence-corrected chi connectivity index (χ4v) is 2.34. The molecule has 1 aliphatic rings. The monoisotopic (exact) mass is 281 g/mol. The summed E-state index contributed by atoms with van der Waals surface area (Å²) in [6, 6.07) is 0.520. The lowest BCUT2D eigenvalue weighted by Crippen LogP contribution is -2.26. The number of rotatable bonds is 5. The van der Waals surface area contributed by atoms with E-state index < -0.39 is 10.4 Å². The average Bonchev–Trinajstić information content (AvgIpc) is 2.25. The molecular weight excluding hydrogens is 254 g/mol. The number of nitrogens with two attached hydrogens (primary N) is 1. The molecule has 18 heavy (non-hydrogen) atoms. The van der Waals surface area contributed by atoms with Gasteiger partial charge in [-0.2, -0.15) is 8.42 Å². The summed E-state index contributed by atoms with van der Waals surface area (Å²) < 4.78 is 31.6. The third-order valence-electron chi connectivity index (χ3n) is 3.36. The molecule has 0 aliphatic heterocycles. The summed E-state index contributed by atoms with van der Waals surface area (Å²) in [5.41, 5.74) is 5.87. The third kappa shape index (κ3) is 13.9. The van der Waals surface area contributed by atoms with Crippen molar-refractivity contribution in [1.82, 2.24) is 0 Å². The molecule has 6 heteroatoms. The standard InChI is InChI=1S/C12H25N.H2O4S/c1-2-3-4-5-6-11-7-9-12(13)10-8-11;1-5(2,3)4/h11-12H,2-10,13H2,1H3;(H2,1,2,3,4). The van der Waals surface area contributed by atoms with Gasteiger partial charge in [-0.3, -0.25) is 9.11 Å². The van der Waals surface area contributed by atoms with Crippen LogP contribution in [-0.2, 0) is 10.4 Å². The molecule has 1 fully saturated rings. The maximum absolute atomic E-state index is 8.74. The van der Waals surface area contributed by atoms with Gasteiger partial charge in [0.2, 0.25) is 0 Å². The van der Waals surface area contributed by atoms with Crippen LogP contribution in [0.5, 0.6) is 0 Å². The van der Waals surface area contributed by atoms with Crippen LogP contribution in [0.2, 0.25) is 0 Å². The maximum atomic E-state index is 8.74. The number of unbranched alkanes of at least 4 members (excludes halogenated alkanes) is 3. The summed E-state index contributed by atoms with van der Waals surface area (Å²) in [5, 5.41) is 0. The molecule has 0 aromatic heterocycles. The van der Waals surface area contributed by atoms with Crippen molar-refractivity contribution in [2.75, 3.05) is 0 Å². The Hall–Kier alpha value is -0.170. The molecule has 0 unspecified atom stereocenters. The van der Waals surface area contributed by atoms with Crippen molar-refractivity contribution in [3.05, 3.63) is 0 Å². The SMILES string of the molecule is CCCCCCC1CCC(N)CC1.O=S(=O)(O)O. The van der Waals surface area contributed by atoms with Gasteiger partial charge in [-0.25, -0.2) is 0 Å². The van der Waals surface area contributed by atoms with E-state index >= 15 is 0 Å². The molecule has 1 aliphatic carbocycles. The first-order valence-electron chi connectivity index (χ1n) is 6.78. The van der Waals surface area contributed by atoms with E-state index in [1.807, 2.05) is 0 Å². The van der Waals surface area contributed by atoms with Gasteiger partial charge in [-0.15, -0.1) is 0 Å². The highest BCUT2D eigenvalue weighted by molar-refractivity contribution is 7.79. The van der Waals surface area contributed by atoms with E-state index in [1.54, 1.807) is 0 Å². The molecular formula is C12H27NO4S. The van der Waals surface area contributed by atoms with Crippen molar-refractivity contribution >= 4 is 10.4 Å². The molecule has 0 spiro atoms. The Morgan fingerprint density at radius 3 is 2.00 bits per heavy atom. The Balaban J connectivity index is 0.000000494.